The van der Waals surface area contributed by atoms with E-state index in [-0.39, 0.29) is 0 Å². The quantitative estimate of drug-likeness (QED) is 0.819. The van der Waals surface area contributed by atoms with Crippen molar-refractivity contribution in [2.45, 2.75) is 52.0 Å². The highest BCUT2D eigenvalue weighted by atomic mass is 15.3. The first kappa shape index (κ1) is 12.2. The van der Waals surface area contributed by atoms with Crippen LogP contribution in [-0.2, 0) is 19.4 Å². The molecule has 2 aliphatic rings. The Morgan fingerprint density at radius 1 is 1.22 bits per heavy atom. The fourth-order valence-corrected chi connectivity index (χ4v) is 3.28. The van der Waals surface area contributed by atoms with Crippen LogP contribution in [0.15, 0.2) is 0 Å². The van der Waals surface area contributed by atoms with E-state index < -0.39 is 0 Å². The third-order valence-electron chi connectivity index (χ3n) is 4.33. The molecule has 1 unspecified atom stereocenters. The number of aromatic nitrogens is 3. The molecule has 4 heteroatoms. The standard InChI is InChI=1S/C14H24N4/c1-2-17-8-5-6-12(11-17)10-13-15-14-7-3-4-9-18(14)16-13/h12H,2-11H2,1H3. The lowest BCUT2D eigenvalue weighted by molar-refractivity contribution is 0.180. The Balaban J connectivity index is 1.63. The Bertz CT molecular complexity index is 375. The highest BCUT2D eigenvalue weighted by Crippen LogP contribution is 2.20. The lowest BCUT2D eigenvalue weighted by Gasteiger charge is -2.31. The van der Waals surface area contributed by atoms with Crippen molar-refractivity contribution in [1.29, 1.82) is 0 Å². The second-order valence-electron chi connectivity index (χ2n) is 5.73. The molecule has 4 nitrogen and oxygen atoms in total. The summed E-state index contributed by atoms with van der Waals surface area (Å²) in [6, 6.07) is 0. The van der Waals surface area contributed by atoms with Gasteiger partial charge in [0.25, 0.3) is 0 Å². The summed E-state index contributed by atoms with van der Waals surface area (Å²) in [5.74, 6) is 3.08. The van der Waals surface area contributed by atoms with Crippen molar-refractivity contribution in [3.8, 4) is 0 Å². The van der Waals surface area contributed by atoms with Crippen molar-refractivity contribution < 1.29 is 0 Å². The topological polar surface area (TPSA) is 34.0 Å². The minimum Gasteiger partial charge on any atom is -0.303 e. The second kappa shape index (κ2) is 5.39. The summed E-state index contributed by atoms with van der Waals surface area (Å²) < 4.78 is 2.14. The van der Waals surface area contributed by atoms with Gasteiger partial charge >= 0.3 is 0 Å². The predicted octanol–water partition coefficient (Wildman–Crippen LogP) is 1.89. The Morgan fingerprint density at radius 2 is 2.17 bits per heavy atom. The molecular weight excluding hydrogens is 224 g/mol. The van der Waals surface area contributed by atoms with E-state index in [0.29, 0.717) is 0 Å². The van der Waals surface area contributed by atoms with Gasteiger partial charge in [-0.1, -0.05) is 6.92 Å². The summed E-state index contributed by atoms with van der Waals surface area (Å²) in [4.78, 5) is 7.29. The number of hydrogen-bond acceptors (Lipinski definition) is 3. The average Bonchev–Trinajstić information content (AvgIpc) is 2.81. The van der Waals surface area contributed by atoms with Crippen LogP contribution < -0.4 is 0 Å². The summed E-state index contributed by atoms with van der Waals surface area (Å²) in [5.41, 5.74) is 0. The lowest BCUT2D eigenvalue weighted by atomic mass is 9.94. The zero-order valence-electron chi connectivity index (χ0n) is 11.4. The number of rotatable bonds is 3. The van der Waals surface area contributed by atoms with Crippen LogP contribution in [0.3, 0.4) is 0 Å². The number of likely N-dealkylation sites (tertiary alicyclic amines) is 1. The number of hydrogen-bond donors (Lipinski definition) is 0. The van der Waals surface area contributed by atoms with Crippen molar-refractivity contribution in [3.63, 3.8) is 0 Å². The van der Waals surface area contributed by atoms with E-state index in [9.17, 15) is 0 Å². The van der Waals surface area contributed by atoms with Crippen LogP contribution in [0.25, 0.3) is 0 Å². The molecule has 1 fully saturated rings. The average molecular weight is 248 g/mol. The summed E-state index contributed by atoms with van der Waals surface area (Å²) in [6.07, 6.45) is 7.44. The van der Waals surface area contributed by atoms with Crippen LogP contribution in [0.4, 0.5) is 0 Å². The van der Waals surface area contributed by atoms with Gasteiger partial charge in [-0.3, -0.25) is 0 Å². The smallest absolute Gasteiger partial charge is 0.151 e. The molecule has 0 bridgehead atoms. The molecule has 100 valence electrons. The largest absolute Gasteiger partial charge is 0.303 e. The van der Waals surface area contributed by atoms with Crippen LogP contribution in [0, 0.1) is 5.92 Å². The van der Waals surface area contributed by atoms with Crippen LogP contribution in [0.5, 0.6) is 0 Å². The molecule has 1 aromatic heterocycles. The van der Waals surface area contributed by atoms with E-state index in [1.54, 1.807) is 0 Å². The fourth-order valence-electron chi connectivity index (χ4n) is 3.28. The first-order valence-corrected chi connectivity index (χ1v) is 7.50. The second-order valence-corrected chi connectivity index (χ2v) is 5.73. The summed E-state index contributed by atoms with van der Waals surface area (Å²) >= 11 is 0. The zero-order chi connectivity index (χ0) is 12.4. The molecular formula is C14H24N4. The van der Waals surface area contributed by atoms with E-state index in [2.05, 4.69) is 21.6 Å². The highest BCUT2D eigenvalue weighted by molar-refractivity contribution is 4.97. The van der Waals surface area contributed by atoms with Gasteiger partial charge in [0, 0.05) is 25.9 Å². The lowest BCUT2D eigenvalue weighted by Crippen LogP contribution is -2.36. The van der Waals surface area contributed by atoms with Gasteiger partial charge in [0.05, 0.1) is 0 Å². The summed E-state index contributed by atoms with van der Waals surface area (Å²) in [5, 5.41) is 4.68. The van der Waals surface area contributed by atoms with Gasteiger partial charge in [0.15, 0.2) is 5.82 Å². The summed E-state index contributed by atoms with van der Waals surface area (Å²) in [6.45, 7) is 7.04. The van der Waals surface area contributed by atoms with Gasteiger partial charge in [-0.05, 0) is 44.7 Å². The molecule has 3 heterocycles. The van der Waals surface area contributed by atoms with Crippen molar-refractivity contribution in [2.75, 3.05) is 19.6 Å². The molecule has 0 N–H and O–H groups in total. The first-order chi connectivity index (χ1) is 8.85. The molecule has 0 radical (unpaired) electrons. The van der Waals surface area contributed by atoms with E-state index in [1.807, 2.05) is 0 Å². The molecule has 1 saturated heterocycles. The normalized spacial score (nSPS) is 25.1. The van der Waals surface area contributed by atoms with Gasteiger partial charge < -0.3 is 4.90 Å². The third kappa shape index (κ3) is 2.58. The van der Waals surface area contributed by atoms with E-state index in [4.69, 9.17) is 4.98 Å². The van der Waals surface area contributed by atoms with Crippen LogP contribution in [-0.4, -0.2) is 39.3 Å². The number of fused-ring (bicyclic) bond motifs is 1. The summed E-state index contributed by atoms with van der Waals surface area (Å²) in [7, 11) is 0. The molecule has 3 rings (SSSR count). The molecule has 0 amide bonds. The number of piperidine rings is 1. The molecule has 1 aromatic rings. The maximum absolute atomic E-state index is 4.73. The van der Waals surface area contributed by atoms with Crippen molar-refractivity contribution in [3.05, 3.63) is 11.6 Å². The van der Waals surface area contributed by atoms with Crippen LogP contribution >= 0.6 is 0 Å². The molecule has 0 aromatic carbocycles. The van der Waals surface area contributed by atoms with E-state index in [1.165, 1.54) is 51.1 Å². The Hall–Kier alpha value is -0.900. The minimum absolute atomic E-state index is 0.767. The van der Waals surface area contributed by atoms with Gasteiger partial charge in [-0.25, -0.2) is 9.67 Å². The van der Waals surface area contributed by atoms with E-state index in [0.717, 1.165) is 31.1 Å². The SMILES string of the molecule is CCN1CCCC(Cc2nc3n(n2)CCCC3)C1. The van der Waals surface area contributed by atoms with E-state index >= 15 is 0 Å². The van der Waals surface area contributed by atoms with Crippen molar-refractivity contribution in [1.82, 2.24) is 19.7 Å². The fraction of sp³-hybridized carbons (Fsp3) is 0.857. The molecule has 18 heavy (non-hydrogen) atoms. The zero-order valence-corrected chi connectivity index (χ0v) is 11.4. The minimum atomic E-state index is 0.767. The predicted molar refractivity (Wildman–Crippen MR) is 71.5 cm³/mol. The molecule has 2 aliphatic heterocycles. The first-order valence-electron chi connectivity index (χ1n) is 7.50. The molecule has 0 saturated carbocycles. The monoisotopic (exact) mass is 248 g/mol. The number of aryl methyl sites for hydroxylation is 2. The maximum atomic E-state index is 4.73. The van der Waals surface area contributed by atoms with Gasteiger partial charge in [-0.2, -0.15) is 5.10 Å². The maximum Gasteiger partial charge on any atom is 0.151 e. The van der Waals surface area contributed by atoms with Gasteiger partial charge in [-0.15, -0.1) is 0 Å². The van der Waals surface area contributed by atoms with Gasteiger partial charge in [0.2, 0.25) is 0 Å². The Morgan fingerprint density at radius 3 is 3.00 bits per heavy atom. The van der Waals surface area contributed by atoms with Crippen LogP contribution in [0.2, 0.25) is 0 Å². The van der Waals surface area contributed by atoms with Crippen molar-refractivity contribution >= 4 is 0 Å². The Labute approximate surface area is 109 Å². The third-order valence-corrected chi connectivity index (χ3v) is 4.33. The number of nitrogens with zero attached hydrogens (tertiary/aromatic N) is 4. The van der Waals surface area contributed by atoms with Gasteiger partial charge in [0.1, 0.15) is 5.82 Å². The molecule has 1 atom stereocenters. The molecule has 0 spiro atoms. The highest BCUT2D eigenvalue weighted by Gasteiger charge is 2.22. The van der Waals surface area contributed by atoms with Crippen LogP contribution in [0.1, 0.15) is 44.3 Å². The van der Waals surface area contributed by atoms with Crippen molar-refractivity contribution in [2.24, 2.45) is 5.92 Å². The molecule has 0 aliphatic carbocycles. The Kier molecular flexibility index (Phi) is 3.64.